The van der Waals surface area contributed by atoms with Gasteiger partial charge in [0.05, 0.1) is 13.2 Å². The summed E-state index contributed by atoms with van der Waals surface area (Å²) in [6, 6.07) is 0. The van der Waals surface area contributed by atoms with E-state index >= 15 is 0 Å². The summed E-state index contributed by atoms with van der Waals surface area (Å²) in [4.78, 5) is 21.3. The molecular weight excluding hydrogens is 224 g/mol. The highest BCUT2D eigenvalue weighted by Gasteiger charge is 2.02. The molecule has 0 saturated carbocycles. The van der Waals surface area contributed by atoms with Crippen LogP contribution < -0.4 is 4.67 Å². The van der Waals surface area contributed by atoms with Crippen LogP contribution in [-0.4, -0.2) is 44.3 Å². The van der Waals surface area contributed by atoms with Gasteiger partial charge in [0.25, 0.3) is 6.72 Å². The molecule has 0 aliphatic carbocycles. The van der Waals surface area contributed by atoms with Crippen molar-refractivity contribution in [1.29, 1.82) is 5.41 Å². The van der Waals surface area contributed by atoms with E-state index in [1.165, 1.54) is 0 Å². The molecule has 0 radical (unpaired) electrons. The molecular formula is C11H17N2O4+. The molecule has 6 heteroatoms. The first kappa shape index (κ1) is 15.1. The first-order valence-corrected chi connectivity index (χ1v) is 5.33. The van der Waals surface area contributed by atoms with E-state index in [1.54, 1.807) is 0 Å². The molecule has 0 aliphatic rings. The third kappa shape index (κ3) is 10.3. The van der Waals surface area contributed by atoms with E-state index in [9.17, 15) is 9.59 Å². The van der Waals surface area contributed by atoms with E-state index in [0.717, 1.165) is 31.9 Å². The van der Waals surface area contributed by atoms with E-state index < -0.39 is 11.9 Å². The number of esters is 2. The fourth-order valence-electron chi connectivity index (χ4n) is 1.06. The Morgan fingerprint density at radius 3 is 2.06 bits per heavy atom. The van der Waals surface area contributed by atoms with Gasteiger partial charge in [-0.05, 0) is 25.7 Å². The second kappa shape index (κ2) is 10.6. The summed E-state index contributed by atoms with van der Waals surface area (Å²) >= 11 is 0. The van der Waals surface area contributed by atoms with Crippen molar-refractivity contribution in [2.75, 3.05) is 13.2 Å². The topological polar surface area (TPSA) is 90.6 Å². The van der Waals surface area contributed by atoms with Crippen LogP contribution in [0.25, 0.3) is 0 Å². The first-order chi connectivity index (χ1) is 8.20. The molecule has 0 heterocycles. The quantitative estimate of drug-likeness (QED) is 0.269. The van der Waals surface area contributed by atoms with Crippen LogP contribution in [0.4, 0.5) is 0 Å². The molecule has 0 atom stereocenters. The number of ether oxygens (including phenoxy) is 2. The molecule has 0 rings (SSSR count). The molecule has 17 heavy (non-hydrogen) atoms. The minimum absolute atomic E-state index is 0.322. The van der Waals surface area contributed by atoms with Crippen molar-refractivity contribution >= 4 is 31.1 Å². The third-order valence-electron chi connectivity index (χ3n) is 1.84. The number of hydrogen-bond acceptors (Lipinski definition) is 5. The van der Waals surface area contributed by atoms with Crippen LogP contribution in [0.5, 0.6) is 0 Å². The van der Waals surface area contributed by atoms with Gasteiger partial charge < -0.3 is 14.9 Å². The van der Waals surface area contributed by atoms with Gasteiger partial charge in [-0.1, -0.05) is 0 Å². The van der Waals surface area contributed by atoms with E-state index in [2.05, 4.69) is 16.1 Å². The van der Waals surface area contributed by atoms with Crippen molar-refractivity contribution in [3.05, 3.63) is 0 Å². The molecule has 0 fully saturated rings. The maximum absolute atomic E-state index is 10.8. The van der Waals surface area contributed by atoms with Crippen LogP contribution in [0.3, 0.4) is 0 Å². The number of rotatable bonds is 9. The van der Waals surface area contributed by atoms with Crippen molar-refractivity contribution in [3.63, 3.8) is 0 Å². The lowest BCUT2D eigenvalue weighted by atomic mass is 10.2. The Labute approximate surface area is 99.9 Å². The van der Waals surface area contributed by atoms with Gasteiger partial charge in [0.15, 0.2) is 0 Å². The summed E-state index contributed by atoms with van der Waals surface area (Å²) in [7, 11) is 0. The van der Waals surface area contributed by atoms with Crippen LogP contribution in [-0.2, 0) is 19.1 Å². The summed E-state index contributed by atoms with van der Waals surface area (Å²) in [6.07, 6.45) is 4.94. The SMILES string of the molecule is C=[N+]=CC(=O)OCCCCCCOC(=O)C=N. The van der Waals surface area contributed by atoms with Gasteiger partial charge in [-0.2, -0.15) is 0 Å². The van der Waals surface area contributed by atoms with Crippen molar-refractivity contribution in [2.45, 2.75) is 25.7 Å². The Bertz CT molecular complexity index is 309. The minimum Gasteiger partial charge on any atom is -0.461 e. The lowest BCUT2D eigenvalue weighted by Gasteiger charge is -2.02. The van der Waals surface area contributed by atoms with E-state index in [1.807, 2.05) is 0 Å². The number of unbranched alkanes of at least 4 members (excludes halogenated alkanes) is 3. The smallest absolute Gasteiger partial charge is 0.414 e. The summed E-state index contributed by atoms with van der Waals surface area (Å²) in [5.74, 6) is -1.11. The van der Waals surface area contributed by atoms with Crippen molar-refractivity contribution in [2.24, 2.45) is 0 Å². The maximum atomic E-state index is 10.8. The second-order valence-corrected chi connectivity index (χ2v) is 3.21. The van der Waals surface area contributed by atoms with E-state index in [4.69, 9.17) is 10.1 Å². The van der Waals surface area contributed by atoms with Crippen LogP contribution in [0.2, 0.25) is 0 Å². The Hall–Kier alpha value is -1.94. The number of hydrogen-bond donors (Lipinski definition) is 1. The molecule has 0 aromatic heterocycles. The lowest BCUT2D eigenvalue weighted by molar-refractivity contribution is -0.136. The number of nitrogens with one attached hydrogen (secondary N) is 1. The molecule has 94 valence electrons. The molecule has 0 aromatic carbocycles. The van der Waals surface area contributed by atoms with Gasteiger partial charge in [0.2, 0.25) is 0 Å². The second-order valence-electron chi connectivity index (χ2n) is 3.21. The molecule has 0 amide bonds. The van der Waals surface area contributed by atoms with Crippen LogP contribution in [0, 0.1) is 5.41 Å². The molecule has 0 spiro atoms. The predicted octanol–water partition coefficient (Wildman–Crippen LogP) is 0.121. The highest BCUT2D eigenvalue weighted by Crippen LogP contribution is 2.00. The summed E-state index contributed by atoms with van der Waals surface area (Å²) in [5.41, 5.74) is 0. The van der Waals surface area contributed by atoms with E-state index in [-0.39, 0.29) is 0 Å². The molecule has 6 nitrogen and oxygen atoms in total. The molecule has 0 aromatic rings. The molecule has 1 N–H and O–H groups in total. The first-order valence-electron chi connectivity index (χ1n) is 5.33. The Morgan fingerprint density at radius 2 is 1.59 bits per heavy atom. The highest BCUT2D eigenvalue weighted by atomic mass is 16.5. The zero-order valence-electron chi connectivity index (χ0n) is 9.68. The van der Waals surface area contributed by atoms with Gasteiger partial charge in [-0.3, -0.25) is 0 Å². The van der Waals surface area contributed by atoms with Gasteiger partial charge >= 0.3 is 18.2 Å². The Kier molecular flexibility index (Phi) is 9.37. The standard InChI is InChI=1S/C11H17N2O4/c1-13-9-11(15)17-7-5-3-2-4-6-16-10(14)8-12/h8-9,12H,1-7H2/q+1. The maximum Gasteiger partial charge on any atom is 0.414 e. The molecule has 0 bridgehead atoms. The summed E-state index contributed by atoms with van der Waals surface area (Å²) in [6.45, 7) is 3.81. The average Bonchev–Trinajstić information content (AvgIpc) is 2.32. The molecule has 0 saturated heterocycles. The van der Waals surface area contributed by atoms with Crippen molar-refractivity contribution in [3.8, 4) is 0 Å². The van der Waals surface area contributed by atoms with Gasteiger partial charge in [-0.15, -0.1) is 4.67 Å². The average molecular weight is 241 g/mol. The zero-order chi connectivity index (χ0) is 12.9. The summed E-state index contributed by atoms with van der Waals surface area (Å²) in [5, 5.41) is 6.59. The number of nitrogens with zero attached hydrogens (tertiary/aromatic N) is 1. The Balaban J connectivity index is 3.24. The highest BCUT2D eigenvalue weighted by molar-refractivity contribution is 6.22. The van der Waals surface area contributed by atoms with E-state index in [0.29, 0.717) is 19.4 Å². The van der Waals surface area contributed by atoms with Gasteiger partial charge in [-0.25, -0.2) is 9.59 Å². The van der Waals surface area contributed by atoms with Gasteiger partial charge in [0, 0.05) is 0 Å². The fourth-order valence-corrected chi connectivity index (χ4v) is 1.06. The number of carbonyl (C=O) groups is 2. The molecule has 0 aliphatic heterocycles. The minimum atomic E-state index is -0.619. The van der Waals surface area contributed by atoms with Gasteiger partial charge in [0.1, 0.15) is 6.21 Å². The fraction of sp³-hybridized carbons (Fsp3) is 0.545. The van der Waals surface area contributed by atoms with Crippen molar-refractivity contribution in [1.82, 2.24) is 4.67 Å². The zero-order valence-corrected chi connectivity index (χ0v) is 9.68. The predicted molar refractivity (Wildman–Crippen MR) is 64.5 cm³/mol. The lowest BCUT2D eigenvalue weighted by Crippen LogP contribution is -2.08. The number of carbonyl (C=O) groups excluding carboxylic acids is 2. The Morgan fingerprint density at radius 1 is 1.06 bits per heavy atom. The van der Waals surface area contributed by atoms with Crippen LogP contribution >= 0.6 is 0 Å². The van der Waals surface area contributed by atoms with Crippen molar-refractivity contribution < 1.29 is 19.1 Å². The summed E-state index contributed by atoms with van der Waals surface area (Å²) < 4.78 is 12.8. The normalized spacial score (nSPS) is 8.94. The molecule has 0 unspecified atom stereocenters. The van der Waals surface area contributed by atoms with Crippen LogP contribution in [0.1, 0.15) is 25.7 Å². The largest absolute Gasteiger partial charge is 0.461 e. The van der Waals surface area contributed by atoms with Crippen LogP contribution in [0.15, 0.2) is 0 Å². The monoisotopic (exact) mass is 241 g/mol. The third-order valence-corrected chi connectivity index (χ3v) is 1.84.